The van der Waals surface area contributed by atoms with Crippen molar-refractivity contribution in [3.63, 3.8) is 0 Å². The van der Waals surface area contributed by atoms with E-state index >= 15 is 0 Å². The van der Waals surface area contributed by atoms with Crippen LogP contribution in [-0.4, -0.2) is 12.3 Å². The number of Topliss-reactive ketones (excluding diaryl/α,β-unsaturated/α-hetero) is 1. The van der Waals surface area contributed by atoms with E-state index < -0.39 is 0 Å². The van der Waals surface area contributed by atoms with Crippen LogP contribution < -0.4 is 0 Å². The Labute approximate surface area is 133 Å². The Balaban J connectivity index is 2.23. The second kappa shape index (κ2) is 6.63. The summed E-state index contributed by atoms with van der Waals surface area (Å²) in [5, 5.41) is 3.70. The Morgan fingerprint density at radius 1 is 1.17 bits per heavy atom. The van der Waals surface area contributed by atoms with Gasteiger partial charge in [0.2, 0.25) is 0 Å². The lowest BCUT2D eigenvalue weighted by molar-refractivity contribution is 0.0979. The van der Waals surface area contributed by atoms with Crippen molar-refractivity contribution in [3.8, 4) is 0 Å². The summed E-state index contributed by atoms with van der Waals surface area (Å²) in [6, 6.07) is 12.0. The molecule has 1 aliphatic carbocycles. The number of ketones is 1. The van der Waals surface area contributed by atoms with E-state index in [0.29, 0.717) is 18.4 Å². The van der Waals surface area contributed by atoms with Crippen LogP contribution in [0, 0.1) is 5.82 Å². The molecule has 23 heavy (non-hydrogen) atoms. The van der Waals surface area contributed by atoms with Crippen LogP contribution in [0.25, 0.3) is 10.4 Å². The predicted molar refractivity (Wildman–Crippen MR) is 86.0 cm³/mol. The van der Waals surface area contributed by atoms with Crippen LogP contribution in [0.5, 0.6) is 0 Å². The molecule has 5 heteroatoms. The van der Waals surface area contributed by atoms with Crippen molar-refractivity contribution in [2.75, 3.05) is 6.54 Å². The van der Waals surface area contributed by atoms with Crippen molar-refractivity contribution in [2.24, 2.45) is 5.11 Å². The lowest BCUT2D eigenvalue weighted by Crippen LogP contribution is -2.11. The summed E-state index contributed by atoms with van der Waals surface area (Å²) >= 11 is 0. The van der Waals surface area contributed by atoms with E-state index in [1.165, 1.54) is 12.1 Å². The molecule has 1 aliphatic rings. The van der Waals surface area contributed by atoms with Crippen molar-refractivity contribution in [1.82, 2.24) is 0 Å². The van der Waals surface area contributed by atoms with E-state index in [-0.39, 0.29) is 24.1 Å². The standard InChI is InChI=1S/C18H16FN3O/c19-13-9-8-12-4-3-7-18(23)15-6-2-1-5-14(15)17(11-21-22-20)16(12)10-13/h1-2,5-6,8-10,17H,3-4,7,11H2. The smallest absolute Gasteiger partial charge is 0.163 e. The number of carbonyl (C=O) groups excluding carboxylic acids is 1. The molecule has 0 aromatic heterocycles. The van der Waals surface area contributed by atoms with E-state index in [4.69, 9.17) is 5.53 Å². The third-order valence-corrected chi connectivity index (χ3v) is 4.30. The molecule has 0 amide bonds. The summed E-state index contributed by atoms with van der Waals surface area (Å²) in [7, 11) is 0. The van der Waals surface area contributed by atoms with Crippen molar-refractivity contribution in [2.45, 2.75) is 25.2 Å². The molecule has 1 unspecified atom stereocenters. The third kappa shape index (κ3) is 3.10. The number of aryl methyl sites for hydroxylation is 1. The van der Waals surface area contributed by atoms with Crippen molar-refractivity contribution < 1.29 is 9.18 Å². The highest BCUT2D eigenvalue weighted by Crippen LogP contribution is 2.33. The first kappa shape index (κ1) is 15.3. The molecule has 0 saturated carbocycles. The molecule has 0 spiro atoms. The van der Waals surface area contributed by atoms with Gasteiger partial charge in [-0.1, -0.05) is 35.4 Å². The topological polar surface area (TPSA) is 65.8 Å². The highest BCUT2D eigenvalue weighted by atomic mass is 19.1. The van der Waals surface area contributed by atoms with Gasteiger partial charge in [0.25, 0.3) is 0 Å². The summed E-state index contributed by atoms with van der Waals surface area (Å²) in [5.41, 5.74) is 12.0. The van der Waals surface area contributed by atoms with E-state index in [1.54, 1.807) is 12.1 Å². The van der Waals surface area contributed by atoms with Crippen LogP contribution in [-0.2, 0) is 6.42 Å². The number of halogens is 1. The molecule has 2 aromatic rings. The van der Waals surface area contributed by atoms with Crippen LogP contribution in [0.2, 0.25) is 0 Å². The minimum Gasteiger partial charge on any atom is -0.294 e. The fraction of sp³-hybridized carbons (Fsp3) is 0.278. The van der Waals surface area contributed by atoms with Gasteiger partial charge in [-0.3, -0.25) is 4.79 Å². The molecule has 1 atom stereocenters. The van der Waals surface area contributed by atoms with Crippen molar-refractivity contribution in [3.05, 3.63) is 81.0 Å². The largest absolute Gasteiger partial charge is 0.294 e. The molecule has 0 radical (unpaired) electrons. The number of rotatable bonds is 2. The first-order chi connectivity index (χ1) is 11.2. The van der Waals surface area contributed by atoms with Gasteiger partial charge in [0.1, 0.15) is 5.82 Å². The zero-order valence-electron chi connectivity index (χ0n) is 12.6. The lowest BCUT2D eigenvalue weighted by Gasteiger charge is -2.20. The van der Waals surface area contributed by atoms with Gasteiger partial charge in [0.15, 0.2) is 5.78 Å². The quantitative estimate of drug-likeness (QED) is 0.447. The monoisotopic (exact) mass is 309 g/mol. The predicted octanol–water partition coefficient (Wildman–Crippen LogP) is 4.79. The minimum atomic E-state index is -0.322. The molecule has 0 aliphatic heterocycles. The zero-order valence-corrected chi connectivity index (χ0v) is 12.6. The van der Waals surface area contributed by atoms with Gasteiger partial charge in [-0.15, -0.1) is 0 Å². The van der Waals surface area contributed by atoms with E-state index in [2.05, 4.69) is 10.0 Å². The van der Waals surface area contributed by atoms with Gasteiger partial charge in [0, 0.05) is 29.4 Å². The Bertz CT molecular complexity index is 797. The number of carbonyl (C=O) groups is 1. The fourth-order valence-corrected chi connectivity index (χ4v) is 3.23. The summed E-state index contributed by atoms with van der Waals surface area (Å²) in [4.78, 5) is 15.3. The maximum absolute atomic E-state index is 13.8. The molecule has 0 N–H and O–H groups in total. The molecule has 2 aromatic carbocycles. The number of hydrogen-bond donors (Lipinski definition) is 0. The van der Waals surface area contributed by atoms with Crippen LogP contribution in [0.4, 0.5) is 4.39 Å². The van der Waals surface area contributed by atoms with Gasteiger partial charge in [0.05, 0.1) is 0 Å². The highest BCUT2D eigenvalue weighted by Gasteiger charge is 2.24. The number of fused-ring (bicyclic) bond motifs is 2. The Hall–Kier alpha value is -2.65. The number of hydrogen-bond acceptors (Lipinski definition) is 2. The summed E-state index contributed by atoms with van der Waals surface area (Å²) in [6.07, 6.45) is 1.89. The molecule has 0 fully saturated rings. The average Bonchev–Trinajstić information content (AvgIpc) is 2.61. The van der Waals surface area contributed by atoms with Crippen LogP contribution >= 0.6 is 0 Å². The van der Waals surface area contributed by atoms with Gasteiger partial charge < -0.3 is 0 Å². The van der Waals surface area contributed by atoms with Crippen LogP contribution in [0.3, 0.4) is 0 Å². The first-order valence-electron chi connectivity index (χ1n) is 7.62. The molecular formula is C18H16FN3O. The third-order valence-electron chi connectivity index (χ3n) is 4.30. The zero-order chi connectivity index (χ0) is 16.2. The van der Waals surface area contributed by atoms with Crippen LogP contribution in [0.1, 0.15) is 45.8 Å². The molecule has 116 valence electrons. The number of nitrogens with zero attached hydrogens (tertiary/aromatic N) is 3. The molecule has 0 bridgehead atoms. The van der Waals surface area contributed by atoms with E-state index in [0.717, 1.165) is 23.1 Å². The molecule has 3 rings (SSSR count). The van der Waals surface area contributed by atoms with E-state index in [1.807, 2.05) is 18.2 Å². The normalized spacial score (nSPS) is 17.1. The SMILES string of the molecule is [N-]=[N+]=NCC1c2cc(F)ccc2CCCC(=O)c2ccccc21. The molecule has 4 nitrogen and oxygen atoms in total. The second-order valence-corrected chi connectivity index (χ2v) is 5.67. The summed E-state index contributed by atoms with van der Waals surface area (Å²) in [5.74, 6) is -0.549. The van der Waals surface area contributed by atoms with Crippen molar-refractivity contribution in [1.29, 1.82) is 0 Å². The fourth-order valence-electron chi connectivity index (χ4n) is 3.23. The molecule has 0 saturated heterocycles. The Morgan fingerprint density at radius 3 is 2.83 bits per heavy atom. The number of benzene rings is 2. The minimum absolute atomic E-state index is 0.0832. The average molecular weight is 309 g/mol. The van der Waals surface area contributed by atoms with Gasteiger partial charge >= 0.3 is 0 Å². The van der Waals surface area contributed by atoms with Crippen molar-refractivity contribution >= 4 is 5.78 Å². The van der Waals surface area contributed by atoms with Gasteiger partial charge in [-0.25, -0.2) is 4.39 Å². The highest BCUT2D eigenvalue weighted by molar-refractivity contribution is 5.97. The van der Waals surface area contributed by atoms with E-state index in [9.17, 15) is 9.18 Å². The molecular weight excluding hydrogens is 293 g/mol. The summed E-state index contributed by atoms with van der Waals surface area (Å²) in [6.45, 7) is 0.164. The van der Waals surface area contributed by atoms with Crippen LogP contribution in [0.15, 0.2) is 47.6 Å². The lowest BCUT2D eigenvalue weighted by atomic mass is 9.85. The second-order valence-electron chi connectivity index (χ2n) is 5.67. The number of azide groups is 1. The maximum atomic E-state index is 13.8. The molecule has 0 heterocycles. The Kier molecular flexibility index (Phi) is 4.40. The summed E-state index contributed by atoms with van der Waals surface area (Å²) < 4.78 is 13.8. The first-order valence-corrected chi connectivity index (χ1v) is 7.62. The van der Waals surface area contributed by atoms with Gasteiger partial charge in [-0.2, -0.15) is 0 Å². The maximum Gasteiger partial charge on any atom is 0.163 e. The van der Waals surface area contributed by atoms with Gasteiger partial charge in [-0.05, 0) is 47.2 Å². The Morgan fingerprint density at radius 2 is 2.00 bits per heavy atom.